The number of aryl methyl sites for hydroxylation is 3. The lowest BCUT2D eigenvalue weighted by Crippen LogP contribution is -2.27. The van der Waals surface area contributed by atoms with Gasteiger partial charge in [-0.1, -0.05) is 24.2 Å². The van der Waals surface area contributed by atoms with Gasteiger partial charge in [0.15, 0.2) is 5.82 Å². The first kappa shape index (κ1) is 17.6. The smallest absolute Gasteiger partial charge is 0.259 e. The highest BCUT2D eigenvalue weighted by atomic mass is 16.5. The molecule has 1 N–H and O–H groups in total. The Kier molecular flexibility index (Phi) is 4.97. The molecule has 7 heteroatoms. The zero-order chi connectivity index (χ0) is 18.7. The topological polar surface area (TPSA) is 90.0 Å². The third-order valence-corrected chi connectivity index (χ3v) is 4.00. The normalized spacial score (nSPS) is 10.7. The summed E-state index contributed by atoms with van der Waals surface area (Å²) < 4.78 is 6.51. The summed E-state index contributed by atoms with van der Waals surface area (Å²) in [6, 6.07) is 8.81. The molecule has 0 spiro atoms. The monoisotopic (exact) mass is 352 g/mol. The first-order valence-corrected chi connectivity index (χ1v) is 8.37. The number of anilines is 1. The summed E-state index contributed by atoms with van der Waals surface area (Å²) in [6.07, 6.45) is 2.21. The van der Waals surface area contributed by atoms with Crippen LogP contribution >= 0.6 is 0 Å². The zero-order valence-electron chi connectivity index (χ0n) is 14.9. The Morgan fingerprint density at radius 3 is 2.77 bits per heavy atom. The summed E-state index contributed by atoms with van der Waals surface area (Å²) in [6.45, 7) is 5.70. The van der Waals surface area contributed by atoms with E-state index >= 15 is 0 Å². The van der Waals surface area contributed by atoms with Crippen LogP contribution in [0.5, 0.6) is 0 Å². The quantitative estimate of drug-likeness (QED) is 0.762. The second-order valence-electron chi connectivity index (χ2n) is 6.12. The van der Waals surface area contributed by atoms with Crippen molar-refractivity contribution in [1.29, 1.82) is 0 Å². The maximum atomic E-state index is 12.4. The van der Waals surface area contributed by atoms with Crippen LogP contribution in [0.25, 0.3) is 11.5 Å². The lowest BCUT2D eigenvalue weighted by atomic mass is 10.1. The highest BCUT2D eigenvalue weighted by molar-refractivity contribution is 5.91. The van der Waals surface area contributed by atoms with Gasteiger partial charge in [0.05, 0.1) is 5.56 Å². The van der Waals surface area contributed by atoms with Gasteiger partial charge in [-0.05, 0) is 37.1 Å². The Morgan fingerprint density at radius 1 is 1.23 bits per heavy atom. The van der Waals surface area contributed by atoms with Crippen molar-refractivity contribution >= 4 is 11.6 Å². The number of pyridine rings is 1. The molecule has 0 radical (unpaired) electrons. The van der Waals surface area contributed by atoms with Crippen molar-refractivity contribution in [1.82, 2.24) is 14.7 Å². The molecule has 2 heterocycles. The molecule has 0 saturated heterocycles. The van der Waals surface area contributed by atoms with Crippen molar-refractivity contribution in [3.8, 4) is 11.5 Å². The average molecular weight is 352 g/mol. The fraction of sp³-hybridized carbons (Fsp3) is 0.263. The summed E-state index contributed by atoms with van der Waals surface area (Å²) in [5.74, 6) is 0.633. The Balaban J connectivity index is 1.80. The fourth-order valence-electron chi connectivity index (χ4n) is 2.51. The summed E-state index contributed by atoms with van der Waals surface area (Å²) in [5.41, 5.74) is 3.07. The number of aromatic nitrogens is 3. The standard InChI is InChI=1S/C19H20N4O3/c1-4-16-21-19(26-22-16)14-7-8-18(25)23(10-14)11-17(24)20-15-9-12(2)5-6-13(15)3/h5-10H,4,11H2,1-3H3,(H,20,24). The maximum absolute atomic E-state index is 12.4. The van der Waals surface area contributed by atoms with Gasteiger partial charge in [0.1, 0.15) is 6.54 Å². The van der Waals surface area contributed by atoms with Crippen LogP contribution in [0.1, 0.15) is 23.9 Å². The second-order valence-corrected chi connectivity index (χ2v) is 6.12. The molecule has 0 fully saturated rings. The van der Waals surface area contributed by atoms with E-state index in [1.54, 1.807) is 12.3 Å². The van der Waals surface area contributed by atoms with E-state index in [1.165, 1.54) is 10.6 Å². The molecule has 134 valence electrons. The number of hydrogen-bond donors (Lipinski definition) is 1. The van der Waals surface area contributed by atoms with Crippen LogP contribution in [0.3, 0.4) is 0 Å². The van der Waals surface area contributed by atoms with E-state index in [1.807, 2.05) is 39.0 Å². The van der Waals surface area contributed by atoms with Crippen molar-refractivity contribution < 1.29 is 9.32 Å². The second kappa shape index (κ2) is 7.35. The van der Waals surface area contributed by atoms with Crippen LogP contribution < -0.4 is 10.9 Å². The lowest BCUT2D eigenvalue weighted by molar-refractivity contribution is -0.116. The van der Waals surface area contributed by atoms with E-state index in [9.17, 15) is 9.59 Å². The van der Waals surface area contributed by atoms with Gasteiger partial charge >= 0.3 is 0 Å². The minimum Gasteiger partial charge on any atom is -0.334 e. The number of carbonyl (C=O) groups excluding carboxylic acids is 1. The fourth-order valence-corrected chi connectivity index (χ4v) is 2.51. The molecule has 2 aromatic heterocycles. The molecule has 3 rings (SSSR count). The van der Waals surface area contributed by atoms with E-state index in [0.717, 1.165) is 16.8 Å². The average Bonchev–Trinajstić information content (AvgIpc) is 3.09. The Bertz CT molecular complexity index is 1000. The number of amides is 1. The van der Waals surface area contributed by atoms with Crippen LogP contribution in [-0.2, 0) is 17.8 Å². The molecule has 0 aliphatic heterocycles. The summed E-state index contributed by atoms with van der Waals surface area (Å²) >= 11 is 0. The SMILES string of the molecule is CCc1noc(-c2ccc(=O)n(CC(=O)Nc3cc(C)ccc3C)c2)n1. The number of nitrogens with one attached hydrogen (secondary N) is 1. The van der Waals surface area contributed by atoms with Crippen LogP contribution in [0.15, 0.2) is 45.8 Å². The van der Waals surface area contributed by atoms with E-state index in [4.69, 9.17) is 4.52 Å². The van der Waals surface area contributed by atoms with Gasteiger partial charge < -0.3 is 14.4 Å². The van der Waals surface area contributed by atoms with Crippen LogP contribution in [0, 0.1) is 13.8 Å². The van der Waals surface area contributed by atoms with Gasteiger partial charge in [-0.3, -0.25) is 9.59 Å². The van der Waals surface area contributed by atoms with Crippen molar-refractivity contribution in [2.75, 3.05) is 5.32 Å². The first-order valence-electron chi connectivity index (χ1n) is 8.37. The molecule has 0 unspecified atom stereocenters. The summed E-state index contributed by atoms with van der Waals surface area (Å²) in [5, 5.41) is 6.69. The van der Waals surface area contributed by atoms with Gasteiger partial charge in [-0.25, -0.2) is 0 Å². The number of carbonyl (C=O) groups is 1. The number of rotatable bonds is 5. The van der Waals surface area contributed by atoms with E-state index in [-0.39, 0.29) is 18.0 Å². The molecule has 0 aliphatic rings. The first-order chi connectivity index (χ1) is 12.5. The molecule has 1 amide bonds. The van der Waals surface area contributed by atoms with E-state index in [2.05, 4.69) is 15.5 Å². The molecule has 3 aromatic rings. The van der Waals surface area contributed by atoms with Crippen LogP contribution in [0.4, 0.5) is 5.69 Å². The van der Waals surface area contributed by atoms with Crippen molar-refractivity contribution in [3.05, 3.63) is 63.8 Å². The molecule has 0 bridgehead atoms. The summed E-state index contributed by atoms with van der Waals surface area (Å²) in [4.78, 5) is 28.7. The highest BCUT2D eigenvalue weighted by Crippen LogP contribution is 2.17. The minimum absolute atomic E-state index is 0.102. The van der Waals surface area contributed by atoms with Gasteiger partial charge in [0.2, 0.25) is 5.91 Å². The molecular formula is C19H20N4O3. The molecule has 0 atom stereocenters. The van der Waals surface area contributed by atoms with Crippen LogP contribution in [0.2, 0.25) is 0 Å². The van der Waals surface area contributed by atoms with Gasteiger partial charge in [-0.2, -0.15) is 4.98 Å². The molecular weight excluding hydrogens is 332 g/mol. The van der Waals surface area contributed by atoms with Gasteiger partial charge in [0.25, 0.3) is 11.4 Å². The molecule has 7 nitrogen and oxygen atoms in total. The third-order valence-electron chi connectivity index (χ3n) is 4.00. The molecule has 26 heavy (non-hydrogen) atoms. The number of benzene rings is 1. The van der Waals surface area contributed by atoms with Crippen LogP contribution in [-0.4, -0.2) is 20.6 Å². The van der Waals surface area contributed by atoms with Crippen molar-refractivity contribution in [2.45, 2.75) is 33.7 Å². The summed E-state index contributed by atoms with van der Waals surface area (Å²) in [7, 11) is 0. The Labute approximate surface area is 150 Å². The molecule has 0 aliphatic carbocycles. The van der Waals surface area contributed by atoms with Gasteiger partial charge in [-0.15, -0.1) is 0 Å². The van der Waals surface area contributed by atoms with Gasteiger partial charge in [0, 0.05) is 24.4 Å². The largest absolute Gasteiger partial charge is 0.334 e. The Morgan fingerprint density at radius 2 is 2.04 bits per heavy atom. The Hall–Kier alpha value is -3.22. The maximum Gasteiger partial charge on any atom is 0.259 e. The van der Waals surface area contributed by atoms with E-state index < -0.39 is 0 Å². The third kappa shape index (κ3) is 3.88. The minimum atomic E-state index is -0.280. The number of nitrogens with zero attached hydrogens (tertiary/aromatic N) is 3. The number of hydrogen-bond acceptors (Lipinski definition) is 5. The molecule has 1 aromatic carbocycles. The van der Waals surface area contributed by atoms with Crippen molar-refractivity contribution in [3.63, 3.8) is 0 Å². The van der Waals surface area contributed by atoms with Crippen molar-refractivity contribution in [2.24, 2.45) is 0 Å². The lowest BCUT2D eigenvalue weighted by Gasteiger charge is -2.11. The highest BCUT2D eigenvalue weighted by Gasteiger charge is 2.12. The molecule has 0 saturated carbocycles. The zero-order valence-corrected chi connectivity index (χ0v) is 14.9. The predicted molar refractivity (Wildman–Crippen MR) is 97.9 cm³/mol. The van der Waals surface area contributed by atoms with E-state index in [0.29, 0.717) is 23.7 Å². The predicted octanol–water partition coefficient (Wildman–Crippen LogP) is 2.72.